The van der Waals surface area contributed by atoms with Crippen LogP contribution in [-0.4, -0.2) is 12.6 Å². The lowest BCUT2D eigenvalue weighted by molar-refractivity contribution is 0.493. The van der Waals surface area contributed by atoms with Crippen LogP contribution in [0, 0.1) is 0 Å². The molecule has 10 heavy (non-hydrogen) atoms. The Kier molecular flexibility index (Phi) is 6.61. The first-order valence-corrected chi connectivity index (χ1v) is 4.19. The van der Waals surface area contributed by atoms with Crippen LogP contribution < -0.4 is 5.32 Å². The van der Waals surface area contributed by atoms with Gasteiger partial charge in [0.2, 0.25) is 0 Å². The average Bonchev–Trinajstić information content (AvgIpc) is 1.90. The first-order valence-electron chi connectivity index (χ1n) is 4.19. The monoisotopic (exact) mass is 141 g/mol. The van der Waals surface area contributed by atoms with E-state index in [2.05, 4.69) is 25.7 Å². The number of hydrogen-bond acceptors (Lipinski definition) is 1. The van der Waals surface area contributed by atoms with Crippen LogP contribution in [0.3, 0.4) is 0 Å². The van der Waals surface area contributed by atoms with Crippen molar-refractivity contribution in [1.82, 2.24) is 5.32 Å². The fraction of sp³-hybridized carbons (Fsp3) is 0.778. The number of hydrogen-bond donors (Lipinski definition) is 1. The molecular formula is C9H19N. The van der Waals surface area contributed by atoms with E-state index in [0.29, 0.717) is 6.04 Å². The summed E-state index contributed by atoms with van der Waals surface area (Å²) in [4.78, 5) is 0. The third-order valence-electron chi connectivity index (χ3n) is 1.58. The second-order valence-corrected chi connectivity index (χ2v) is 2.57. The molecule has 0 aliphatic carbocycles. The highest BCUT2D eigenvalue weighted by Gasteiger charge is 2.01. The Hall–Kier alpha value is -0.300. The lowest BCUT2D eigenvalue weighted by atomic mass is 10.1. The van der Waals surface area contributed by atoms with E-state index in [1.807, 2.05) is 6.08 Å². The van der Waals surface area contributed by atoms with Gasteiger partial charge < -0.3 is 5.32 Å². The van der Waals surface area contributed by atoms with E-state index in [1.54, 1.807) is 0 Å². The predicted octanol–water partition coefficient (Wildman–Crippen LogP) is 2.34. The molecule has 1 heteroatoms. The standard InChI is InChI=1S/C9H19N/c1-4-7-9(8-5-2)10-6-3/h4,9-10H,1,5-8H2,2-3H3. The van der Waals surface area contributed by atoms with Gasteiger partial charge in [0.15, 0.2) is 0 Å². The van der Waals surface area contributed by atoms with Gasteiger partial charge in [-0.3, -0.25) is 0 Å². The van der Waals surface area contributed by atoms with Gasteiger partial charge in [0.05, 0.1) is 0 Å². The predicted molar refractivity (Wildman–Crippen MR) is 47.2 cm³/mol. The summed E-state index contributed by atoms with van der Waals surface area (Å²) < 4.78 is 0. The Morgan fingerprint density at radius 2 is 2.20 bits per heavy atom. The zero-order chi connectivity index (χ0) is 7.82. The van der Waals surface area contributed by atoms with Crippen molar-refractivity contribution < 1.29 is 0 Å². The van der Waals surface area contributed by atoms with E-state index in [4.69, 9.17) is 0 Å². The molecule has 0 fully saturated rings. The molecule has 0 spiro atoms. The van der Waals surface area contributed by atoms with Crippen molar-refractivity contribution in [3.8, 4) is 0 Å². The largest absolute Gasteiger partial charge is 0.314 e. The molecule has 0 saturated carbocycles. The molecule has 0 aliphatic heterocycles. The van der Waals surface area contributed by atoms with Gasteiger partial charge in [0.25, 0.3) is 0 Å². The second-order valence-electron chi connectivity index (χ2n) is 2.57. The lowest BCUT2D eigenvalue weighted by Gasteiger charge is -2.13. The molecule has 0 rings (SSSR count). The molecule has 0 aromatic rings. The molecular weight excluding hydrogens is 122 g/mol. The SMILES string of the molecule is C=CCC(CCC)NCC. The molecule has 0 heterocycles. The van der Waals surface area contributed by atoms with Crippen molar-refractivity contribution in [1.29, 1.82) is 0 Å². The Balaban J connectivity index is 3.38. The third-order valence-corrected chi connectivity index (χ3v) is 1.58. The van der Waals surface area contributed by atoms with E-state index in [9.17, 15) is 0 Å². The van der Waals surface area contributed by atoms with Gasteiger partial charge in [-0.25, -0.2) is 0 Å². The van der Waals surface area contributed by atoms with Crippen LogP contribution in [0.25, 0.3) is 0 Å². The van der Waals surface area contributed by atoms with Crippen molar-refractivity contribution in [2.45, 2.75) is 39.2 Å². The fourth-order valence-electron chi connectivity index (χ4n) is 1.14. The van der Waals surface area contributed by atoms with Gasteiger partial charge in [-0.1, -0.05) is 26.3 Å². The Morgan fingerprint density at radius 1 is 1.50 bits per heavy atom. The molecule has 1 unspecified atom stereocenters. The van der Waals surface area contributed by atoms with Crippen LogP contribution in [0.5, 0.6) is 0 Å². The fourth-order valence-corrected chi connectivity index (χ4v) is 1.14. The van der Waals surface area contributed by atoms with Crippen molar-refractivity contribution in [3.63, 3.8) is 0 Å². The zero-order valence-corrected chi connectivity index (χ0v) is 7.19. The number of nitrogens with one attached hydrogen (secondary N) is 1. The maximum absolute atomic E-state index is 3.72. The molecule has 0 aliphatic rings. The average molecular weight is 141 g/mol. The molecule has 0 saturated heterocycles. The normalized spacial score (nSPS) is 13.0. The topological polar surface area (TPSA) is 12.0 Å². The quantitative estimate of drug-likeness (QED) is 0.560. The van der Waals surface area contributed by atoms with Gasteiger partial charge in [0, 0.05) is 6.04 Å². The maximum atomic E-state index is 3.72. The molecule has 0 bridgehead atoms. The summed E-state index contributed by atoms with van der Waals surface area (Å²) in [6.07, 6.45) is 5.61. The van der Waals surface area contributed by atoms with Crippen molar-refractivity contribution in [3.05, 3.63) is 12.7 Å². The first kappa shape index (κ1) is 9.70. The summed E-state index contributed by atoms with van der Waals surface area (Å²) in [6.45, 7) is 9.15. The van der Waals surface area contributed by atoms with Crippen LogP contribution >= 0.6 is 0 Å². The van der Waals surface area contributed by atoms with Gasteiger partial charge >= 0.3 is 0 Å². The van der Waals surface area contributed by atoms with Crippen molar-refractivity contribution in [2.24, 2.45) is 0 Å². The minimum absolute atomic E-state index is 0.660. The highest BCUT2D eigenvalue weighted by atomic mass is 14.9. The third kappa shape index (κ3) is 4.57. The summed E-state index contributed by atoms with van der Waals surface area (Å²) in [5, 5.41) is 3.41. The van der Waals surface area contributed by atoms with E-state index in [-0.39, 0.29) is 0 Å². The first-order chi connectivity index (χ1) is 4.85. The van der Waals surface area contributed by atoms with E-state index in [1.165, 1.54) is 12.8 Å². The van der Waals surface area contributed by atoms with E-state index < -0.39 is 0 Å². The van der Waals surface area contributed by atoms with Crippen molar-refractivity contribution in [2.75, 3.05) is 6.54 Å². The van der Waals surface area contributed by atoms with Crippen LogP contribution in [0.1, 0.15) is 33.1 Å². The van der Waals surface area contributed by atoms with Gasteiger partial charge in [-0.2, -0.15) is 0 Å². The summed E-state index contributed by atoms with van der Waals surface area (Å²) >= 11 is 0. The zero-order valence-electron chi connectivity index (χ0n) is 7.19. The molecule has 0 aromatic heterocycles. The molecule has 60 valence electrons. The van der Waals surface area contributed by atoms with Gasteiger partial charge in [-0.05, 0) is 19.4 Å². The van der Waals surface area contributed by atoms with Crippen molar-refractivity contribution >= 4 is 0 Å². The van der Waals surface area contributed by atoms with Crippen LogP contribution in [0.4, 0.5) is 0 Å². The Bertz CT molecular complexity index is 72.8. The summed E-state index contributed by atoms with van der Waals surface area (Å²) in [5.74, 6) is 0. The van der Waals surface area contributed by atoms with Crippen LogP contribution in [0.2, 0.25) is 0 Å². The van der Waals surface area contributed by atoms with E-state index in [0.717, 1.165) is 13.0 Å². The maximum Gasteiger partial charge on any atom is 0.0101 e. The lowest BCUT2D eigenvalue weighted by Crippen LogP contribution is -2.27. The summed E-state index contributed by atoms with van der Waals surface area (Å²) in [6, 6.07) is 0.660. The highest BCUT2D eigenvalue weighted by Crippen LogP contribution is 2.00. The van der Waals surface area contributed by atoms with Crippen LogP contribution in [-0.2, 0) is 0 Å². The summed E-state index contributed by atoms with van der Waals surface area (Å²) in [7, 11) is 0. The van der Waals surface area contributed by atoms with Crippen LogP contribution in [0.15, 0.2) is 12.7 Å². The van der Waals surface area contributed by atoms with Gasteiger partial charge in [0.1, 0.15) is 0 Å². The Morgan fingerprint density at radius 3 is 2.60 bits per heavy atom. The summed E-state index contributed by atoms with van der Waals surface area (Å²) in [5.41, 5.74) is 0. The highest BCUT2D eigenvalue weighted by molar-refractivity contribution is 4.76. The smallest absolute Gasteiger partial charge is 0.0101 e. The minimum atomic E-state index is 0.660. The molecule has 1 N–H and O–H groups in total. The minimum Gasteiger partial charge on any atom is -0.314 e. The van der Waals surface area contributed by atoms with E-state index >= 15 is 0 Å². The molecule has 1 nitrogen and oxygen atoms in total. The molecule has 1 atom stereocenters. The molecule has 0 aromatic carbocycles. The number of rotatable bonds is 6. The molecule has 0 radical (unpaired) electrons. The Labute approximate surface area is 64.5 Å². The van der Waals surface area contributed by atoms with Gasteiger partial charge in [-0.15, -0.1) is 6.58 Å². The second kappa shape index (κ2) is 6.81. The molecule has 0 amide bonds.